The summed E-state index contributed by atoms with van der Waals surface area (Å²) in [5.74, 6) is -0.195. The Balaban J connectivity index is 1.44. The second kappa shape index (κ2) is 11.0. The molecule has 0 spiro atoms. The van der Waals surface area contributed by atoms with Crippen LogP contribution in [0.4, 0.5) is 4.39 Å². The quantitative estimate of drug-likeness (QED) is 0.337. The maximum absolute atomic E-state index is 14.6. The number of nitriles is 1. The van der Waals surface area contributed by atoms with Crippen molar-refractivity contribution >= 4 is 29.2 Å². The third-order valence-electron chi connectivity index (χ3n) is 7.18. The molecule has 2 fully saturated rings. The van der Waals surface area contributed by atoms with Crippen LogP contribution in [0.25, 0.3) is 0 Å². The molecule has 0 bridgehead atoms. The number of hydrogen-bond acceptors (Lipinski definition) is 5. The van der Waals surface area contributed by atoms with Crippen molar-refractivity contribution in [2.24, 2.45) is 11.3 Å². The van der Waals surface area contributed by atoms with E-state index in [0.29, 0.717) is 34.2 Å². The van der Waals surface area contributed by atoms with Gasteiger partial charge >= 0.3 is 5.97 Å². The molecule has 0 radical (unpaired) electrons. The van der Waals surface area contributed by atoms with E-state index in [9.17, 15) is 14.4 Å². The highest BCUT2D eigenvalue weighted by Gasteiger charge is 2.38. The van der Waals surface area contributed by atoms with Crippen molar-refractivity contribution < 1.29 is 18.7 Å². The van der Waals surface area contributed by atoms with E-state index in [4.69, 9.17) is 32.7 Å². The number of nitrogens with zero attached hydrogens (tertiary/aromatic N) is 2. The van der Waals surface area contributed by atoms with Crippen LogP contribution in [-0.2, 0) is 4.74 Å². The lowest BCUT2D eigenvalue weighted by atomic mass is 9.79. The molecule has 1 aliphatic carbocycles. The van der Waals surface area contributed by atoms with Gasteiger partial charge in [-0.15, -0.1) is 0 Å². The SMILES string of the molecule is COC(=O)c1cc(C2CC2)c(OCC2CCN(C(c3cc(Cl)cc(Cl)c3)C(C)(C)C#N)CC2)cc1F. The summed E-state index contributed by atoms with van der Waals surface area (Å²) in [6, 6.07) is 10.7. The van der Waals surface area contributed by atoms with E-state index < -0.39 is 17.2 Å². The zero-order chi connectivity index (χ0) is 26.0. The third kappa shape index (κ3) is 5.96. The van der Waals surface area contributed by atoms with Gasteiger partial charge < -0.3 is 9.47 Å². The van der Waals surface area contributed by atoms with Gasteiger partial charge in [0, 0.05) is 16.1 Å². The summed E-state index contributed by atoms with van der Waals surface area (Å²) in [6.07, 6.45) is 3.77. The Morgan fingerprint density at radius 2 is 1.78 bits per heavy atom. The number of benzene rings is 2. The number of ether oxygens (including phenoxy) is 2. The molecule has 0 aromatic heterocycles. The minimum Gasteiger partial charge on any atom is -0.493 e. The summed E-state index contributed by atoms with van der Waals surface area (Å²) >= 11 is 12.6. The molecule has 1 aliphatic heterocycles. The third-order valence-corrected chi connectivity index (χ3v) is 7.62. The lowest BCUT2D eigenvalue weighted by Crippen LogP contribution is -2.43. The highest BCUT2D eigenvalue weighted by atomic mass is 35.5. The predicted octanol–water partition coefficient (Wildman–Crippen LogP) is 7.18. The van der Waals surface area contributed by atoms with Crippen LogP contribution in [-0.4, -0.2) is 37.7 Å². The fraction of sp³-hybridized carbons (Fsp3) is 0.500. The summed E-state index contributed by atoms with van der Waals surface area (Å²) < 4.78 is 25.4. The summed E-state index contributed by atoms with van der Waals surface area (Å²) in [7, 11) is 1.25. The first-order valence-corrected chi connectivity index (χ1v) is 13.0. The number of hydrogen-bond donors (Lipinski definition) is 0. The van der Waals surface area contributed by atoms with Gasteiger partial charge in [-0.25, -0.2) is 9.18 Å². The fourth-order valence-corrected chi connectivity index (χ4v) is 5.68. The Morgan fingerprint density at radius 1 is 1.14 bits per heavy atom. The normalized spacial score (nSPS) is 17.9. The van der Waals surface area contributed by atoms with E-state index in [1.807, 2.05) is 26.0 Å². The van der Waals surface area contributed by atoms with E-state index in [1.165, 1.54) is 13.2 Å². The Kier molecular flexibility index (Phi) is 8.14. The van der Waals surface area contributed by atoms with Gasteiger partial charge in [0.15, 0.2) is 0 Å². The van der Waals surface area contributed by atoms with Crippen LogP contribution >= 0.6 is 23.2 Å². The number of piperidine rings is 1. The molecule has 8 heteroatoms. The van der Waals surface area contributed by atoms with E-state index in [-0.39, 0.29) is 11.6 Å². The molecule has 0 amide bonds. The topological polar surface area (TPSA) is 62.6 Å². The van der Waals surface area contributed by atoms with E-state index in [2.05, 4.69) is 11.0 Å². The first-order chi connectivity index (χ1) is 17.1. The molecular weight excluding hydrogens is 502 g/mol. The molecule has 2 aromatic rings. The van der Waals surface area contributed by atoms with Crippen LogP contribution < -0.4 is 4.74 Å². The van der Waals surface area contributed by atoms with Crippen LogP contribution in [0.1, 0.15) is 73.0 Å². The van der Waals surface area contributed by atoms with Crippen molar-refractivity contribution in [1.29, 1.82) is 5.26 Å². The number of esters is 1. The zero-order valence-electron chi connectivity index (χ0n) is 20.8. The molecular formula is C28H31Cl2FN2O3. The predicted molar refractivity (Wildman–Crippen MR) is 138 cm³/mol. The average Bonchev–Trinajstić information content (AvgIpc) is 3.68. The number of halogens is 3. The van der Waals surface area contributed by atoms with Crippen molar-refractivity contribution in [2.45, 2.75) is 51.5 Å². The average molecular weight is 533 g/mol. The molecule has 4 rings (SSSR count). The Hall–Kier alpha value is -2.33. The van der Waals surface area contributed by atoms with Gasteiger partial charge in [0.25, 0.3) is 0 Å². The largest absolute Gasteiger partial charge is 0.493 e. The molecule has 0 N–H and O–H groups in total. The molecule has 1 unspecified atom stereocenters. The lowest BCUT2D eigenvalue weighted by Gasteiger charge is -2.42. The summed E-state index contributed by atoms with van der Waals surface area (Å²) in [5.41, 5.74) is 1.12. The van der Waals surface area contributed by atoms with Crippen molar-refractivity contribution in [1.82, 2.24) is 4.90 Å². The number of rotatable bonds is 8. The number of methoxy groups -OCH3 is 1. The van der Waals surface area contributed by atoms with E-state index >= 15 is 0 Å². The monoisotopic (exact) mass is 532 g/mol. The zero-order valence-corrected chi connectivity index (χ0v) is 22.3. The summed E-state index contributed by atoms with van der Waals surface area (Å²) in [6.45, 7) is 5.93. The molecule has 36 heavy (non-hydrogen) atoms. The van der Waals surface area contributed by atoms with E-state index in [1.54, 1.807) is 12.1 Å². The maximum atomic E-state index is 14.6. The number of carbonyl (C=O) groups excluding carboxylic acids is 1. The van der Waals surface area contributed by atoms with Crippen molar-refractivity contribution in [3.63, 3.8) is 0 Å². The smallest absolute Gasteiger partial charge is 0.340 e. The molecule has 1 heterocycles. The molecule has 192 valence electrons. The van der Waals surface area contributed by atoms with Gasteiger partial charge in [-0.1, -0.05) is 23.2 Å². The second-order valence-electron chi connectivity index (χ2n) is 10.4. The first kappa shape index (κ1) is 26.7. The van der Waals surface area contributed by atoms with Crippen LogP contribution in [0.2, 0.25) is 10.0 Å². The lowest BCUT2D eigenvalue weighted by molar-refractivity contribution is 0.0595. The van der Waals surface area contributed by atoms with E-state index in [0.717, 1.165) is 49.9 Å². The summed E-state index contributed by atoms with van der Waals surface area (Å²) in [4.78, 5) is 14.2. The van der Waals surface area contributed by atoms with Crippen LogP contribution in [0.5, 0.6) is 5.75 Å². The van der Waals surface area contributed by atoms with Gasteiger partial charge in [-0.3, -0.25) is 4.90 Å². The van der Waals surface area contributed by atoms with Gasteiger partial charge in [-0.05, 0) is 99.8 Å². The van der Waals surface area contributed by atoms with Crippen molar-refractivity contribution in [2.75, 3.05) is 26.8 Å². The summed E-state index contributed by atoms with van der Waals surface area (Å²) in [5, 5.41) is 11.0. The maximum Gasteiger partial charge on any atom is 0.340 e. The Labute approximate surface area is 222 Å². The molecule has 2 aliphatic rings. The Morgan fingerprint density at radius 3 is 2.33 bits per heavy atom. The molecule has 2 aromatic carbocycles. The standard InChI is InChI=1S/C28H31Cl2FN2O3/c1-28(2,16-32)26(19-10-20(29)12-21(30)11-19)33-8-6-17(7-9-33)15-36-25-14-24(31)23(27(34)35-3)13-22(25)18-4-5-18/h10-14,17-18,26H,4-9,15H2,1-3H3. The molecule has 1 saturated heterocycles. The van der Waals surface area contributed by atoms with Gasteiger partial charge in [0.2, 0.25) is 0 Å². The molecule has 1 atom stereocenters. The van der Waals surface area contributed by atoms with Crippen molar-refractivity contribution in [3.05, 3.63) is 62.9 Å². The molecule has 1 saturated carbocycles. The van der Waals surface area contributed by atoms with Gasteiger partial charge in [0.1, 0.15) is 11.6 Å². The fourth-order valence-electron chi connectivity index (χ4n) is 5.14. The molecule has 5 nitrogen and oxygen atoms in total. The number of carbonyl (C=O) groups is 1. The Bertz CT molecular complexity index is 1150. The minimum absolute atomic E-state index is 0.0488. The number of likely N-dealkylation sites (tertiary alicyclic amines) is 1. The minimum atomic E-state index is -0.677. The first-order valence-electron chi connectivity index (χ1n) is 12.3. The van der Waals surface area contributed by atoms with Crippen LogP contribution in [0.3, 0.4) is 0 Å². The highest BCUT2D eigenvalue weighted by Crippen LogP contribution is 2.46. The highest BCUT2D eigenvalue weighted by molar-refractivity contribution is 6.34. The van der Waals surface area contributed by atoms with Crippen molar-refractivity contribution in [3.8, 4) is 11.8 Å². The van der Waals surface area contributed by atoms with Crippen LogP contribution in [0, 0.1) is 28.5 Å². The van der Waals surface area contributed by atoms with Gasteiger partial charge in [-0.2, -0.15) is 5.26 Å². The van der Waals surface area contributed by atoms with Crippen LogP contribution in [0.15, 0.2) is 30.3 Å². The second-order valence-corrected chi connectivity index (χ2v) is 11.2. The van der Waals surface area contributed by atoms with Gasteiger partial charge in [0.05, 0.1) is 36.8 Å².